The number of rotatable bonds is 5. The largest absolute Gasteiger partial charge is 0.444 e. The van der Waals surface area contributed by atoms with Gasteiger partial charge in [-0.3, -0.25) is 0 Å². The Morgan fingerprint density at radius 1 is 1.23 bits per heavy atom. The molecule has 2 aromatic rings. The number of alkyl carbamates (subject to hydrolysis) is 1. The second kappa shape index (κ2) is 7.45. The van der Waals surface area contributed by atoms with Crippen LogP contribution < -0.4 is 5.32 Å². The second-order valence-electron chi connectivity index (χ2n) is 6.33. The zero-order chi connectivity index (χ0) is 16.0. The molecule has 0 aliphatic carbocycles. The highest BCUT2D eigenvalue weighted by Crippen LogP contribution is 2.23. The van der Waals surface area contributed by atoms with Crippen LogP contribution in [0.2, 0.25) is 0 Å². The minimum atomic E-state index is -0.471. The molecule has 0 spiro atoms. The molecule has 22 heavy (non-hydrogen) atoms. The van der Waals surface area contributed by atoms with Crippen LogP contribution in [-0.4, -0.2) is 18.2 Å². The van der Waals surface area contributed by atoms with Crippen LogP contribution in [-0.2, 0) is 11.2 Å². The Balaban J connectivity index is 1.99. The van der Waals surface area contributed by atoms with Crippen LogP contribution in [0, 0.1) is 0 Å². The molecule has 0 saturated carbocycles. The van der Waals surface area contributed by atoms with E-state index < -0.39 is 5.60 Å². The van der Waals surface area contributed by atoms with Gasteiger partial charge in [-0.1, -0.05) is 30.3 Å². The van der Waals surface area contributed by atoms with Gasteiger partial charge in [0, 0.05) is 12.5 Å². The van der Waals surface area contributed by atoms with E-state index in [1.165, 1.54) is 11.1 Å². The van der Waals surface area contributed by atoms with E-state index in [2.05, 4.69) is 34.3 Å². The minimum absolute atomic E-state index is 0.251. The Bertz CT molecular complexity index is 573. The molecule has 118 valence electrons. The van der Waals surface area contributed by atoms with E-state index in [1.54, 1.807) is 11.3 Å². The van der Waals surface area contributed by atoms with E-state index in [0.29, 0.717) is 6.54 Å². The van der Waals surface area contributed by atoms with Crippen LogP contribution in [0.3, 0.4) is 0 Å². The molecule has 1 unspecified atom stereocenters. The van der Waals surface area contributed by atoms with E-state index in [9.17, 15) is 4.79 Å². The Hall–Kier alpha value is -1.81. The number of hydrogen-bond donors (Lipinski definition) is 1. The van der Waals surface area contributed by atoms with Gasteiger partial charge in [-0.15, -0.1) is 0 Å². The van der Waals surface area contributed by atoms with Gasteiger partial charge in [0.25, 0.3) is 0 Å². The van der Waals surface area contributed by atoms with Crippen molar-refractivity contribution in [2.45, 2.75) is 38.7 Å². The van der Waals surface area contributed by atoms with Crippen LogP contribution in [0.1, 0.15) is 37.8 Å². The molecule has 1 aromatic carbocycles. The summed E-state index contributed by atoms with van der Waals surface area (Å²) in [6.45, 7) is 6.17. The molecular formula is C18H23NO2S. The van der Waals surface area contributed by atoms with E-state index in [4.69, 9.17) is 4.74 Å². The van der Waals surface area contributed by atoms with Crippen LogP contribution >= 0.6 is 11.3 Å². The first-order chi connectivity index (χ1) is 10.4. The van der Waals surface area contributed by atoms with Crippen molar-refractivity contribution >= 4 is 17.4 Å². The van der Waals surface area contributed by atoms with Crippen molar-refractivity contribution < 1.29 is 9.53 Å². The first-order valence-electron chi connectivity index (χ1n) is 7.47. The first kappa shape index (κ1) is 16.6. The van der Waals surface area contributed by atoms with Gasteiger partial charge in [0.15, 0.2) is 0 Å². The van der Waals surface area contributed by atoms with Crippen molar-refractivity contribution in [2.24, 2.45) is 0 Å². The SMILES string of the molecule is CC(C)(C)OC(=O)NCC(Cc1ccccc1)c1ccsc1. The lowest BCUT2D eigenvalue weighted by atomic mass is 9.94. The number of benzene rings is 1. The van der Waals surface area contributed by atoms with E-state index in [-0.39, 0.29) is 12.0 Å². The summed E-state index contributed by atoms with van der Waals surface area (Å²) in [6, 6.07) is 12.5. The molecule has 1 amide bonds. The van der Waals surface area contributed by atoms with Gasteiger partial charge in [0.2, 0.25) is 0 Å². The number of nitrogens with one attached hydrogen (secondary N) is 1. The van der Waals surface area contributed by atoms with Crippen molar-refractivity contribution in [3.63, 3.8) is 0 Å². The first-order valence-corrected chi connectivity index (χ1v) is 8.41. The molecule has 0 fully saturated rings. The summed E-state index contributed by atoms with van der Waals surface area (Å²) in [7, 11) is 0. The second-order valence-corrected chi connectivity index (χ2v) is 7.11. The van der Waals surface area contributed by atoms with Crippen LogP contribution in [0.5, 0.6) is 0 Å². The molecule has 0 aliphatic rings. The van der Waals surface area contributed by atoms with Crippen molar-refractivity contribution in [1.82, 2.24) is 5.32 Å². The lowest BCUT2D eigenvalue weighted by Crippen LogP contribution is -2.35. The smallest absolute Gasteiger partial charge is 0.407 e. The van der Waals surface area contributed by atoms with Gasteiger partial charge in [0.1, 0.15) is 5.60 Å². The van der Waals surface area contributed by atoms with Crippen LogP contribution in [0.25, 0.3) is 0 Å². The lowest BCUT2D eigenvalue weighted by Gasteiger charge is -2.22. The molecule has 1 N–H and O–H groups in total. The van der Waals surface area contributed by atoms with Crippen molar-refractivity contribution in [3.8, 4) is 0 Å². The number of carbonyl (C=O) groups is 1. The normalized spacial score (nSPS) is 12.7. The fourth-order valence-electron chi connectivity index (χ4n) is 2.23. The predicted molar refractivity (Wildman–Crippen MR) is 91.4 cm³/mol. The molecular weight excluding hydrogens is 294 g/mol. The highest BCUT2D eigenvalue weighted by Gasteiger charge is 2.18. The van der Waals surface area contributed by atoms with Crippen LogP contribution in [0.15, 0.2) is 47.2 Å². The quantitative estimate of drug-likeness (QED) is 0.875. The molecule has 0 bridgehead atoms. The number of thiophene rings is 1. The zero-order valence-corrected chi connectivity index (χ0v) is 14.2. The summed E-state index contributed by atoms with van der Waals surface area (Å²) in [4.78, 5) is 11.9. The van der Waals surface area contributed by atoms with Crippen molar-refractivity contribution in [2.75, 3.05) is 6.54 Å². The third-order valence-electron chi connectivity index (χ3n) is 3.23. The topological polar surface area (TPSA) is 38.3 Å². The van der Waals surface area contributed by atoms with Crippen molar-refractivity contribution in [1.29, 1.82) is 0 Å². The summed E-state index contributed by atoms with van der Waals surface area (Å²) >= 11 is 1.68. The lowest BCUT2D eigenvalue weighted by molar-refractivity contribution is 0.0524. The third kappa shape index (κ3) is 5.53. The maximum atomic E-state index is 11.9. The molecule has 0 radical (unpaired) electrons. The Morgan fingerprint density at radius 3 is 2.55 bits per heavy atom. The average molecular weight is 317 g/mol. The fourth-order valence-corrected chi connectivity index (χ4v) is 2.98. The molecule has 4 heteroatoms. The summed E-state index contributed by atoms with van der Waals surface area (Å²) in [6.07, 6.45) is 0.536. The summed E-state index contributed by atoms with van der Waals surface area (Å²) in [5.74, 6) is 0.251. The van der Waals surface area contributed by atoms with E-state index >= 15 is 0 Å². The third-order valence-corrected chi connectivity index (χ3v) is 3.93. The molecule has 1 aromatic heterocycles. The Morgan fingerprint density at radius 2 is 1.95 bits per heavy atom. The van der Waals surface area contributed by atoms with Gasteiger partial charge in [-0.25, -0.2) is 4.79 Å². The van der Waals surface area contributed by atoms with E-state index in [1.807, 2.05) is 39.0 Å². The zero-order valence-electron chi connectivity index (χ0n) is 13.3. The van der Waals surface area contributed by atoms with Crippen LogP contribution in [0.4, 0.5) is 4.79 Å². The monoisotopic (exact) mass is 317 g/mol. The maximum absolute atomic E-state index is 11.9. The number of carbonyl (C=O) groups excluding carboxylic acids is 1. The van der Waals surface area contributed by atoms with Gasteiger partial charge >= 0.3 is 6.09 Å². The van der Waals surface area contributed by atoms with E-state index in [0.717, 1.165) is 6.42 Å². The Labute approximate surface area is 136 Å². The molecule has 1 atom stereocenters. The molecule has 0 aliphatic heterocycles. The number of amides is 1. The Kier molecular flexibility index (Phi) is 5.61. The molecule has 2 rings (SSSR count). The average Bonchev–Trinajstić information content (AvgIpc) is 2.96. The molecule has 3 nitrogen and oxygen atoms in total. The van der Waals surface area contributed by atoms with Gasteiger partial charge < -0.3 is 10.1 Å². The summed E-state index contributed by atoms with van der Waals surface area (Å²) in [5, 5.41) is 7.10. The molecule has 1 heterocycles. The fraction of sp³-hybridized carbons (Fsp3) is 0.389. The highest BCUT2D eigenvalue weighted by atomic mass is 32.1. The van der Waals surface area contributed by atoms with Gasteiger partial charge in [-0.05, 0) is 55.1 Å². The highest BCUT2D eigenvalue weighted by molar-refractivity contribution is 7.07. The number of ether oxygens (including phenoxy) is 1. The van der Waals surface area contributed by atoms with Gasteiger partial charge in [0.05, 0.1) is 0 Å². The van der Waals surface area contributed by atoms with Crippen molar-refractivity contribution in [3.05, 3.63) is 58.3 Å². The maximum Gasteiger partial charge on any atom is 0.407 e. The summed E-state index contributed by atoms with van der Waals surface area (Å²) < 4.78 is 5.31. The summed E-state index contributed by atoms with van der Waals surface area (Å²) in [5.41, 5.74) is 2.05. The predicted octanol–water partition coefficient (Wildman–Crippen LogP) is 4.60. The minimum Gasteiger partial charge on any atom is -0.444 e. The standard InChI is InChI=1S/C18H23NO2S/c1-18(2,3)21-17(20)19-12-16(15-9-10-22-13-15)11-14-7-5-4-6-8-14/h4-10,13,16H,11-12H2,1-3H3,(H,19,20). The molecule has 0 saturated heterocycles. The van der Waals surface area contributed by atoms with Gasteiger partial charge in [-0.2, -0.15) is 11.3 Å². The number of hydrogen-bond acceptors (Lipinski definition) is 3.